The van der Waals surface area contributed by atoms with Crippen molar-refractivity contribution in [3.05, 3.63) is 12.5 Å². The monoisotopic (exact) mass is 303 g/mol. The third kappa shape index (κ3) is 3.78. The minimum Gasteiger partial charge on any atom is -0.379 e. The highest BCUT2D eigenvalue weighted by Crippen LogP contribution is 2.20. The van der Waals surface area contributed by atoms with Crippen molar-refractivity contribution in [2.24, 2.45) is 0 Å². The van der Waals surface area contributed by atoms with Gasteiger partial charge >= 0.3 is 0 Å². The molecule has 2 heterocycles. The molecule has 0 saturated carbocycles. The maximum Gasteiger partial charge on any atom is 0.260 e. The highest BCUT2D eigenvalue weighted by atomic mass is 32.2. The third-order valence-corrected chi connectivity index (χ3v) is 5.10. The summed E-state index contributed by atoms with van der Waals surface area (Å²) < 4.78 is 36.8. The Labute approximate surface area is 119 Å². The number of H-pyrrole nitrogens is 1. The van der Waals surface area contributed by atoms with Crippen LogP contribution in [0, 0.1) is 0 Å². The largest absolute Gasteiger partial charge is 0.379 e. The molecule has 1 aliphatic heterocycles. The van der Waals surface area contributed by atoms with Gasteiger partial charge in [-0.15, -0.1) is 0 Å². The van der Waals surface area contributed by atoms with Gasteiger partial charge in [-0.2, -0.15) is 4.31 Å². The lowest BCUT2D eigenvalue weighted by atomic mass is 10.1. The molecule has 1 saturated heterocycles. The third-order valence-electron chi connectivity index (χ3n) is 3.28. The highest BCUT2D eigenvalue weighted by molar-refractivity contribution is 7.89. The zero-order valence-corrected chi connectivity index (χ0v) is 12.4. The number of hydrogen-bond acceptors (Lipinski definition) is 5. The van der Waals surface area contributed by atoms with E-state index in [0.717, 1.165) is 0 Å². The van der Waals surface area contributed by atoms with Crippen LogP contribution >= 0.6 is 0 Å². The molecule has 7 nitrogen and oxygen atoms in total. The van der Waals surface area contributed by atoms with Crippen molar-refractivity contribution >= 4 is 10.0 Å². The first-order chi connectivity index (χ1) is 9.64. The number of rotatable bonds is 7. The first-order valence-electron chi connectivity index (χ1n) is 6.82. The summed E-state index contributed by atoms with van der Waals surface area (Å²) in [6.07, 6.45) is 4.24. The van der Waals surface area contributed by atoms with Crippen LogP contribution in [0.3, 0.4) is 0 Å². The van der Waals surface area contributed by atoms with Crippen molar-refractivity contribution < 1.29 is 17.9 Å². The van der Waals surface area contributed by atoms with E-state index in [1.54, 1.807) is 0 Å². The van der Waals surface area contributed by atoms with Gasteiger partial charge in [0.1, 0.15) is 0 Å². The molecule has 114 valence electrons. The van der Waals surface area contributed by atoms with Gasteiger partial charge in [0.2, 0.25) is 0 Å². The van der Waals surface area contributed by atoms with Crippen LogP contribution in [-0.2, 0) is 19.5 Å². The van der Waals surface area contributed by atoms with Crippen LogP contribution in [-0.4, -0.2) is 61.7 Å². The van der Waals surface area contributed by atoms with E-state index in [2.05, 4.69) is 9.97 Å². The van der Waals surface area contributed by atoms with E-state index in [-0.39, 0.29) is 11.1 Å². The first kappa shape index (κ1) is 15.4. The van der Waals surface area contributed by atoms with E-state index in [0.29, 0.717) is 45.8 Å². The van der Waals surface area contributed by atoms with E-state index in [4.69, 9.17) is 9.47 Å². The minimum absolute atomic E-state index is 0.115. The Bertz CT molecular complexity index is 481. The first-order valence-corrected chi connectivity index (χ1v) is 8.26. The molecule has 8 heteroatoms. The molecule has 2 rings (SSSR count). The maximum atomic E-state index is 12.2. The Kier molecular flexibility index (Phi) is 5.53. The summed E-state index contributed by atoms with van der Waals surface area (Å²) >= 11 is 0. The SMILES string of the molecule is CCOCCOC1CCN(S(=O)(=O)c2cnc[nH]2)CC1. The molecular weight excluding hydrogens is 282 g/mol. The molecule has 0 amide bonds. The molecule has 0 aromatic carbocycles. The van der Waals surface area contributed by atoms with Crippen molar-refractivity contribution in [3.8, 4) is 0 Å². The molecule has 1 N–H and O–H groups in total. The zero-order valence-electron chi connectivity index (χ0n) is 11.6. The van der Waals surface area contributed by atoms with E-state index < -0.39 is 10.0 Å². The number of aromatic nitrogens is 2. The molecule has 0 unspecified atom stereocenters. The predicted octanol–water partition coefficient (Wildman–Crippen LogP) is 0.616. The molecule has 1 aromatic rings. The van der Waals surface area contributed by atoms with E-state index in [1.165, 1.54) is 16.8 Å². The number of hydrogen-bond donors (Lipinski definition) is 1. The van der Waals surface area contributed by atoms with Crippen molar-refractivity contribution in [1.29, 1.82) is 0 Å². The second kappa shape index (κ2) is 7.16. The normalized spacial score (nSPS) is 18.4. The molecule has 1 fully saturated rings. The predicted molar refractivity (Wildman–Crippen MR) is 72.8 cm³/mol. The van der Waals surface area contributed by atoms with Gasteiger partial charge in [0.15, 0.2) is 5.03 Å². The summed E-state index contributed by atoms with van der Waals surface area (Å²) in [4.78, 5) is 6.40. The van der Waals surface area contributed by atoms with Gasteiger partial charge in [-0.05, 0) is 19.8 Å². The van der Waals surface area contributed by atoms with E-state index in [1.807, 2.05) is 6.92 Å². The fourth-order valence-electron chi connectivity index (χ4n) is 2.18. The van der Waals surface area contributed by atoms with Crippen LogP contribution in [0.15, 0.2) is 17.6 Å². The molecule has 1 aromatic heterocycles. The van der Waals surface area contributed by atoms with Gasteiger partial charge in [-0.25, -0.2) is 13.4 Å². The van der Waals surface area contributed by atoms with Gasteiger partial charge in [0.05, 0.1) is 31.8 Å². The number of ether oxygens (including phenoxy) is 2. The molecule has 0 bridgehead atoms. The second-order valence-corrected chi connectivity index (χ2v) is 6.49. The molecule has 1 aliphatic rings. The van der Waals surface area contributed by atoms with Crippen LogP contribution in [0.25, 0.3) is 0 Å². The van der Waals surface area contributed by atoms with E-state index in [9.17, 15) is 8.42 Å². The molecule has 0 spiro atoms. The molecule has 20 heavy (non-hydrogen) atoms. The Morgan fingerprint density at radius 2 is 2.15 bits per heavy atom. The number of imidazole rings is 1. The van der Waals surface area contributed by atoms with Crippen LogP contribution in [0.5, 0.6) is 0 Å². The Balaban J connectivity index is 1.79. The lowest BCUT2D eigenvalue weighted by molar-refractivity contribution is -0.0121. The average molecular weight is 303 g/mol. The lowest BCUT2D eigenvalue weighted by Gasteiger charge is -2.30. The molecule has 0 radical (unpaired) electrons. The highest BCUT2D eigenvalue weighted by Gasteiger charge is 2.30. The average Bonchev–Trinajstić information content (AvgIpc) is 2.99. The quantitative estimate of drug-likeness (QED) is 0.746. The second-order valence-electron chi connectivity index (χ2n) is 4.59. The fourth-order valence-corrected chi connectivity index (χ4v) is 3.55. The van der Waals surface area contributed by atoms with Crippen LogP contribution in [0.2, 0.25) is 0 Å². The Morgan fingerprint density at radius 3 is 2.75 bits per heavy atom. The summed E-state index contributed by atoms with van der Waals surface area (Å²) in [7, 11) is -3.44. The summed E-state index contributed by atoms with van der Waals surface area (Å²) in [6, 6.07) is 0. The van der Waals surface area contributed by atoms with E-state index >= 15 is 0 Å². The molecular formula is C12H21N3O4S. The van der Waals surface area contributed by atoms with Crippen LogP contribution < -0.4 is 0 Å². The Hall–Kier alpha value is -0.960. The number of nitrogens with zero attached hydrogens (tertiary/aromatic N) is 2. The lowest BCUT2D eigenvalue weighted by Crippen LogP contribution is -2.41. The fraction of sp³-hybridized carbons (Fsp3) is 0.750. The number of sulfonamides is 1. The van der Waals surface area contributed by atoms with Gasteiger partial charge in [0, 0.05) is 19.7 Å². The zero-order chi connectivity index (χ0) is 14.4. The van der Waals surface area contributed by atoms with Crippen molar-refractivity contribution in [2.45, 2.75) is 30.9 Å². The number of nitrogens with one attached hydrogen (secondary N) is 1. The van der Waals surface area contributed by atoms with Gasteiger partial charge in [-0.3, -0.25) is 0 Å². The van der Waals surface area contributed by atoms with Gasteiger partial charge in [-0.1, -0.05) is 0 Å². The maximum absolute atomic E-state index is 12.2. The van der Waals surface area contributed by atoms with Crippen molar-refractivity contribution in [3.63, 3.8) is 0 Å². The summed E-state index contributed by atoms with van der Waals surface area (Å²) in [6.45, 7) is 4.72. The number of piperidine rings is 1. The molecule has 0 atom stereocenters. The topological polar surface area (TPSA) is 84.5 Å². The number of aromatic amines is 1. The van der Waals surface area contributed by atoms with Crippen LogP contribution in [0.1, 0.15) is 19.8 Å². The summed E-state index contributed by atoms with van der Waals surface area (Å²) in [5.74, 6) is 0. The minimum atomic E-state index is -3.44. The smallest absolute Gasteiger partial charge is 0.260 e. The van der Waals surface area contributed by atoms with Crippen molar-refractivity contribution in [1.82, 2.24) is 14.3 Å². The van der Waals surface area contributed by atoms with Crippen molar-refractivity contribution in [2.75, 3.05) is 32.9 Å². The van der Waals surface area contributed by atoms with Gasteiger partial charge < -0.3 is 14.5 Å². The summed E-state index contributed by atoms with van der Waals surface area (Å²) in [5.41, 5.74) is 0. The molecule has 0 aliphatic carbocycles. The Morgan fingerprint density at radius 1 is 1.40 bits per heavy atom. The van der Waals surface area contributed by atoms with Gasteiger partial charge in [0.25, 0.3) is 10.0 Å². The van der Waals surface area contributed by atoms with Crippen LogP contribution in [0.4, 0.5) is 0 Å². The standard InChI is InChI=1S/C12H21N3O4S/c1-2-18-7-8-19-11-3-5-15(6-4-11)20(16,17)12-9-13-10-14-12/h9-11H,2-8H2,1H3,(H,13,14). The summed E-state index contributed by atoms with van der Waals surface area (Å²) in [5, 5.41) is 0.146.